The number of nitrogens with zero attached hydrogens (tertiary/aromatic N) is 3. The molecule has 1 heterocycles. The van der Waals surface area contributed by atoms with Crippen LogP contribution >= 0.6 is 11.6 Å². The summed E-state index contributed by atoms with van der Waals surface area (Å²) in [7, 11) is -3.56. The molecule has 1 aromatic heterocycles. The van der Waals surface area contributed by atoms with Gasteiger partial charge in [-0.2, -0.15) is 0 Å². The molecule has 0 N–H and O–H groups in total. The van der Waals surface area contributed by atoms with Gasteiger partial charge in [-0.15, -0.1) is 21.8 Å². The van der Waals surface area contributed by atoms with Crippen molar-refractivity contribution in [3.05, 3.63) is 24.3 Å². The average Bonchev–Trinajstić information content (AvgIpc) is 2.38. The monoisotopic (exact) mass is 285 g/mol. The van der Waals surface area contributed by atoms with Gasteiger partial charge in [0, 0.05) is 5.88 Å². The van der Waals surface area contributed by atoms with E-state index in [4.69, 9.17) is 11.6 Å². The van der Waals surface area contributed by atoms with E-state index in [1.54, 1.807) is 31.2 Å². The Morgan fingerprint density at radius 2 is 1.89 bits per heavy atom. The van der Waals surface area contributed by atoms with E-state index in [0.29, 0.717) is 17.5 Å². The first-order chi connectivity index (χ1) is 8.55. The number of fused-ring (bicyclic) bond motifs is 1. The second-order valence-electron chi connectivity index (χ2n) is 3.92. The second-order valence-corrected chi connectivity index (χ2v) is 6.55. The largest absolute Gasteiger partial charge is 0.268 e. The number of benzene rings is 1. The summed E-state index contributed by atoms with van der Waals surface area (Å²) < 4.78 is 24.3. The van der Waals surface area contributed by atoms with E-state index in [1.165, 1.54) is 0 Å². The van der Waals surface area contributed by atoms with E-state index in [0.717, 1.165) is 0 Å². The molecule has 0 aliphatic rings. The van der Waals surface area contributed by atoms with Gasteiger partial charge in [0.2, 0.25) is 9.84 Å². The van der Waals surface area contributed by atoms with Gasteiger partial charge in [-0.25, -0.2) is 13.4 Å². The number of hydrogen-bond acceptors (Lipinski definition) is 5. The number of halogens is 1. The first-order valence-electron chi connectivity index (χ1n) is 5.45. The Labute approximate surface area is 110 Å². The van der Waals surface area contributed by atoms with E-state index in [-0.39, 0.29) is 11.0 Å². The van der Waals surface area contributed by atoms with Crippen LogP contribution in [0, 0.1) is 0 Å². The zero-order chi connectivity index (χ0) is 13.2. The summed E-state index contributed by atoms with van der Waals surface area (Å²) in [6.07, 6.45) is 0.361. The van der Waals surface area contributed by atoms with Gasteiger partial charge in [0.05, 0.1) is 10.8 Å². The van der Waals surface area contributed by atoms with E-state index in [9.17, 15) is 8.42 Å². The average molecular weight is 286 g/mol. The van der Waals surface area contributed by atoms with Gasteiger partial charge in [0.1, 0.15) is 5.52 Å². The topological polar surface area (TPSA) is 72.8 Å². The molecule has 1 unspecified atom stereocenters. The Morgan fingerprint density at radius 1 is 1.22 bits per heavy atom. The molecule has 0 aliphatic carbocycles. The summed E-state index contributed by atoms with van der Waals surface area (Å²) in [6, 6.07) is 7.00. The number of sulfone groups is 1. The minimum absolute atomic E-state index is 0.237. The zero-order valence-electron chi connectivity index (χ0n) is 9.75. The van der Waals surface area contributed by atoms with E-state index < -0.39 is 15.1 Å². The van der Waals surface area contributed by atoms with Crippen molar-refractivity contribution in [2.24, 2.45) is 0 Å². The van der Waals surface area contributed by atoms with Gasteiger partial charge in [-0.1, -0.05) is 12.1 Å². The molecule has 0 amide bonds. The lowest BCUT2D eigenvalue weighted by Gasteiger charge is -2.09. The first-order valence-corrected chi connectivity index (χ1v) is 7.53. The lowest BCUT2D eigenvalue weighted by Crippen LogP contribution is -2.21. The minimum atomic E-state index is -3.56. The molecule has 96 valence electrons. The molecule has 0 radical (unpaired) electrons. The Bertz CT molecular complexity index is 660. The Balaban J connectivity index is 2.48. The van der Waals surface area contributed by atoms with E-state index in [2.05, 4.69) is 15.2 Å². The van der Waals surface area contributed by atoms with Crippen molar-refractivity contribution in [2.75, 3.05) is 5.88 Å². The van der Waals surface area contributed by atoms with Crippen molar-refractivity contribution < 1.29 is 8.42 Å². The molecule has 1 atom stereocenters. The Hall–Kier alpha value is -1.27. The molecule has 0 fully saturated rings. The predicted octanol–water partition coefficient (Wildman–Crippen LogP) is 1.82. The molecular formula is C11H12ClN3O2S. The van der Waals surface area contributed by atoms with Gasteiger partial charge in [0.25, 0.3) is 5.16 Å². The molecule has 0 bridgehead atoms. The third-order valence-electron chi connectivity index (χ3n) is 2.64. The van der Waals surface area contributed by atoms with Crippen LogP contribution in [0.3, 0.4) is 0 Å². The van der Waals surface area contributed by atoms with Crippen molar-refractivity contribution in [3.63, 3.8) is 0 Å². The molecular weight excluding hydrogens is 274 g/mol. The number of hydrogen-bond donors (Lipinski definition) is 0. The highest BCUT2D eigenvalue weighted by molar-refractivity contribution is 7.91. The van der Waals surface area contributed by atoms with Crippen molar-refractivity contribution in [2.45, 2.75) is 23.8 Å². The lowest BCUT2D eigenvalue weighted by molar-refractivity contribution is 0.570. The SMILES string of the molecule is CC(CCCl)S(=O)(=O)c1nnc2ccccc2n1. The van der Waals surface area contributed by atoms with Gasteiger partial charge >= 0.3 is 0 Å². The molecule has 2 aromatic rings. The van der Waals surface area contributed by atoms with Gasteiger partial charge in [-0.3, -0.25) is 0 Å². The molecule has 18 heavy (non-hydrogen) atoms. The van der Waals surface area contributed by atoms with Gasteiger partial charge < -0.3 is 0 Å². The first kappa shape index (κ1) is 13.2. The Morgan fingerprint density at radius 3 is 2.56 bits per heavy atom. The standard InChI is InChI=1S/C11H12ClN3O2S/c1-8(6-7-12)18(16,17)11-13-9-4-2-3-5-10(9)14-15-11/h2-5,8H,6-7H2,1H3. The fourth-order valence-corrected chi connectivity index (χ4v) is 3.10. The van der Waals surface area contributed by atoms with Crippen LogP contribution in [0.4, 0.5) is 0 Å². The van der Waals surface area contributed by atoms with Crippen LogP contribution in [0.2, 0.25) is 0 Å². The number of rotatable bonds is 4. The van der Waals surface area contributed by atoms with Crippen LogP contribution < -0.4 is 0 Å². The summed E-state index contributed by atoms with van der Waals surface area (Å²) in [5.74, 6) is 0.279. The van der Waals surface area contributed by atoms with Gasteiger partial charge in [-0.05, 0) is 25.5 Å². The quantitative estimate of drug-likeness (QED) is 0.801. The van der Waals surface area contributed by atoms with Crippen LogP contribution in [-0.4, -0.2) is 34.7 Å². The molecule has 1 aromatic carbocycles. The van der Waals surface area contributed by atoms with Crippen LogP contribution in [0.1, 0.15) is 13.3 Å². The maximum atomic E-state index is 12.1. The van der Waals surface area contributed by atoms with E-state index in [1.807, 2.05) is 0 Å². The van der Waals surface area contributed by atoms with Crippen LogP contribution in [0.25, 0.3) is 11.0 Å². The normalized spacial score (nSPS) is 13.7. The Kier molecular flexibility index (Phi) is 3.77. The summed E-state index contributed by atoms with van der Waals surface area (Å²) in [5.41, 5.74) is 1.09. The van der Waals surface area contributed by atoms with Crippen molar-refractivity contribution in [1.29, 1.82) is 0 Å². The molecule has 2 rings (SSSR count). The smallest absolute Gasteiger partial charge is 0.220 e. The molecule has 0 aliphatic heterocycles. The third kappa shape index (κ3) is 2.44. The third-order valence-corrected chi connectivity index (χ3v) is 4.84. The van der Waals surface area contributed by atoms with Crippen molar-refractivity contribution in [1.82, 2.24) is 15.2 Å². The number of aromatic nitrogens is 3. The van der Waals surface area contributed by atoms with Crippen LogP contribution in [0.5, 0.6) is 0 Å². The van der Waals surface area contributed by atoms with Crippen LogP contribution in [-0.2, 0) is 9.84 Å². The summed E-state index contributed by atoms with van der Waals surface area (Å²) in [5, 5.41) is 6.70. The maximum Gasteiger partial charge on any atom is 0.268 e. The van der Waals surface area contributed by atoms with Crippen molar-refractivity contribution in [3.8, 4) is 0 Å². The van der Waals surface area contributed by atoms with Crippen LogP contribution in [0.15, 0.2) is 29.4 Å². The highest BCUT2D eigenvalue weighted by atomic mass is 35.5. The van der Waals surface area contributed by atoms with Gasteiger partial charge in [0.15, 0.2) is 0 Å². The summed E-state index contributed by atoms with van der Waals surface area (Å²) in [4.78, 5) is 4.05. The molecule has 0 spiro atoms. The molecule has 7 heteroatoms. The second kappa shape index (κ2) is 5.16. The molecule has 0 saturated heterocycles. The summed E-state index contributed by atoms with van der Waals surface area (Å²) in [6.45, 7) is 1.59. The van der Waals surface area contributed by atoms with Crippen molar-refractivity contribution >= 4 is 32.5 Å². The highest BCUT2D eigenvalue weighted by Crippen LogP contribution is 2.16. The highest BCUT2D eigenvalue weighted by Gasteiger charge is 2.26. The maximum absolute atomic E-state index is 12.1. The lowest BCUT2D eigenvalue weighted by atomic mass is 10.3. The fourth-order valence-electron chi connectivity index (χ4n) is 1.47. The fraction of sp³-hybridized carbons (Fsp3) is 0.364. The number of para-hydroxylation sites is 1. The zero-order valence-corrected chi connectivity index (χ0v) is 11.3. The predicted molar refractivity (Wildman–Crippen MR) is 69.3 cm³/mol. The van der Waals surface area contributed by atoms with E-state index >= 15 is 0 Å². The molecule has 5 nitrogen and oxygen atoms in total. The molecule has 0 saturated carbocycles. The minimum Gasteiger partial charge on any atom is -0.220 e. The number of alkyl halides is 1. The summed E-state index contributed by atoms with van der Waals surface area (Å²) >= 11 is 5.56.